The van der Waals surface area contributed by atoms with Crippen LogP contribution in [0.1, 0.15) is 52.5 Å². The Morgan fingerprint density at radius 2 is 1.97 bits per heavy atom. The van der Waals surface area contributed by atoms with Crippen LogP contribution in [-0.4, -0.2) is 59.9 Å². The Labute approximate surface area is 238 Å². The minimum Gasteiger partial charge on any atom is -0.443 e. The van der Waals surface area contributed by atoms with Crippen LogP contribution in [0.15, 0.2) is 27.7 Å². The molecule has 1 heterocycles. The summed E-state index contributed by atoms with van der Waals surface area (Å²) in [6.07, 6.45) is 1.85. The number of fused-ring (bicyclic) bond motifs is 1. The van der Waals surface area contributed by atoms with E-state index in [4.69, 9.17) is 14.5 Å². The normalized spacial score (nSPS) is 26.8. The average Bonchev–Trinajstić information content (AvgIpc) is 3.69. The summed E-state index contributed by atoms with van der Waals surface area (Å²) in [5.74, 6) is -0.697. The molecule has 3 aliphatic rings. The molecule has 2 fully saturated rings. The van der Waals surface area contributed by atoms with Gasteiger partial charge < -0.3 is 14.8 Å². The molecule has 4 rings (SSSR count). The van der Waals surface area contributed by atoms with Crippen LogP contribution < -0.4 is 5.32 Å². The minimum absolute atomic E-state index is 0.0622. The second-order valence-electron chi connectivity index (χ2n) is 12.9. The first-order valence-corrected chi connectivity index (χ1v) is 18.5. The molecular weight excluding hydrogens is 589 g/mol. The van der Waals surface area contributed by atoms with Gasteiger partial charge in [-0.2, -0.15) is 0 Å². The summed E-state index contributed by atoms with van der Waals surface area (Å²) in [4.78, 5) is 33.4. The number of thioether (sulfide) groups is 1. The zero-order chi connectivity index (χ0) is 28.1. The van der Waals surface area contributed by atoms with Crippen LogP contribution in [0, 0.1) is 11.7 Å². The van der Waals surface area contributed by atoms with Crippen LogP contribution in [0.2, 0.25) is 25.7 Å². The number of benzene rings is 1. The van der Waals surface area contributed by atoms with E-state index >= 15 is 4.39 Å². The molecule has 3 atom stereocenters. The van der Waals surface area contributed by atoms with E-state index in [1.54, 1.807) is 32.9 Å². The number of rotatable bonds is 8. The van der Waals surface area contributed by atoms with Gasteiger partial charge in [-0.15, -0.1) is 0 Å². The number of hydrogen-bond donors (Lipinski definition) is 1. The topological polar surface area (TPSA) is 80.2 Å². The molecule has 1 aromatic rings. The summed E-state index contributed by atoms with van der Waals surface area (Å²) in [6, 6.07) is 5.88. The van der Waals surface area contributed by atoms with E-state index in [1.807, 2.05) is 6.92 Å². The first-order chi connectivity index (χ1) is 17.5. The smallest absolute Gasteiger partial charge is 0.418 e. The zero-order valence-corrected chi connectivity index (χ0v) is 26.7. The molecule has 0 saturated heterocycles. The highest BCUT2D eigenvalue weighted by atomic mass is 79.9. The van der Waals surface area contributed by atoms with Crippen LogP contribution in [0.4, 0.5) is 9.18 Å². The molecule has 210 valence electrons. The zero-order valence-electron chi connectivity index (χ0n) is 23.3. The van der Waals surface area contributed by atoms with Crippen molar-refractivity contribution < 1.29 is 23.5 Å². The van der Waals surface area contributed by atoms with Crippen molar-refractivity contribution in [2.45, 2.75) is 94.6 Å². The molecule has 2 amide bonds. The van der Waals surface area contributed by atoms with E-state index in [1.165, 1.54) is 22.7 Å². The Morgan fingerprint density at radius 3 is 2.58 bits per heavy atom. The summed E-state index contributed by atoms with van der Waals surface area (Å²) < 4.78 is 26.9. The van der Waals surface area contributed by atoms with Crippen molar-refractivity contribution in [3.63, 3.8) is 0 Å². The lowest BCUT2D eigenvalue weighted by molar-refractivity contribution is -0.121. The number of ether oxygens (including phenoxy) is 2. The van der Waals surface area contributed by atoms with Crippen molar-refractivity contribution in [2.75, 3.05) is 13.3 Å². The van der Waals surface area contributed by atoms with Gasteiger partial charge in [0.05, 0.1) is 5.54 Å². The fraction of sp³-hybridized carbons (Fsp3) is 0.667. The van der Waals surface area contributed by atoms with Gasteiger partial charge in [-0.3, -0.25) is 9.79 Å². The van der Waals surface area contributed by atoms with Crippen LogP contribution >= 0.6 is 27.7 Å². The van der Waals surface area contributed by atoms with Gasteiger partial charge in [0, 0.05) is 36.7 Å². The van der Waals surface area contributed by atoms with E-state index < -0.39 is 35.9 Å². The van der Waals surface area contributed by atoms with Gasteiger partial charge in [0.2, 0.25) is 5.91 Å². The molecule has 7 nitrogen and oxygen atoms in total. The molecule has 0 radical (unpaired) electrons. The summed E-state index contributed by atoms with van der Waals surface area (Å²) in [6.45, 7) is 14.5. The van der Waals surface area contributed by atoms with Gasteiger partial charge >= 0.3 is 6.09 Å². The molecule has 1 aromatic carbocycles. The molecule has 1 aliphatic heterocycles. The Morgan fingerprint density at radius 1 is 1.29 bits per heavy atom. The quantitative estimate of drug-likeness (QED) is 0.202. The Bertz CT molecular complexity index is 1140. The first-order valence-electron chi connectivity index (χ1n) is 13.2. The number of aliphatic imine (C=N–C) groups is 1. The number of amidine groups is 1. The first kappa shape index (κ1) is 29.5. The summed E-state index contributed by atoms with van der Waals surface area (Å²) >= 11 is 4.74. The van der Waals surface area contributed by atoms with Gasteiger partial charge in [-0.1, -0.05) is 47.3 Å². The van der Waals surface area contributed by atoms with Crippen molar-refractivity contribution in [3.8, 4) is 0 Å². The van der Waals surface area contributed by atoms with Gasteiger partial charge in [0.25, 0.3) is 0 Å². The second-order valence-corrected chi connectivity index (χ2v) is 20.8. The molecule has 0 unspecified atom stereocenters. The third-order valence-electron chi connectivity index (χ3n) is 7.02. The maximum Gasteiger partial charge on any atom is 0.418 e. The number of amides is 2. The average molecular weight is 629 g/mol. The lowest BCUT2D eigenvalue weighted by Gasteiger charge is -2.37. The van der Waals surface area contributed by atoms with Crippen LogP contribution in [0.5, 0.6) is 0 Å². The maximum atomic E-state index is 15.3. The summed E-state index contributed by atoms with van der Waals surface area (Å²) in [5, 5.41) is 3.45. The van der Waals surface area contributed by atoms with Crippen molar-refractivity contribution in [1.29, 1.82) is 0 Å². The van der Waals surface area contributed by atoms with Crippen molar-refractivity contribution in [1.82, 2.24) is 10.2 Å². The van der Waals surface area contributed by atoms with Crippen molar-refractivity contribution in [3.05, 3.63) is 34.1 Å². The molecule has 2 aliphatic carbocycles. The number of nitrogens with zero attached hydrogens (tertiary/aromatic N) is 2. The third kappa shape index (κ3) is 6.64. The highest BCUT2D eigenvalue weighted by molar-refractivity contribution is 9.10. The molecule has 38 heavy (non-hydrogen) atoms. The predicted molar refractivity (Wildman–Crippen MR) is 156 cm³/mol. The summed E-state index contributed by atoms with van der Waals surface area (Å²) in [7, 11) is -1.35. The highest BCUT2D eigenvalue weighted by Gasteiger charge is 2.71. The lowest BCUT2D eigenvalue weighted by Crippen LogP contribution is -2.49. The van der Waals surface area contributed by atoms with Crippen molar-refractivity contribution in [2.24, 2.45) is 10.9 Å². The van der Waals surface area contributed by atoms with Gasteiger partial charge in [-0.25, -0.2) is 14.1 Å². The molecule has 1 N–H and O–H groups in total. The molecule has 0 spiro atoms. The van der Waals surface area contributed by atoms with Crippen molar-refractivity contribution >= 4 is 52.9 Å². The number of hydrogen-bond acceptors (Lipinski definition) is 6. The van der Waals surface area contributed by atoms with Gasteiger partial charge in [-0.05, 0) is 71.2 Å². The second kappa shape index (κ2) is 10.5. The number of carbonyl (C=O) groups is 2. The van der Waals surface area contributed by atoms with Crippen LogP contribution in [0.25, 0.3) is 0 Å². The van der Waals surface area contributed by atoms with E-state index in [0.29, 0.717) is 23.8 Å². The number of carbonyl (C=O) groups excluding carboxylic acids is 2. The van der Waals surface area contributed by atoms with Crippen LogP contribution in [-0.2, 0) is 19.8 Å². The molecule has 11 heteroatoms. The van der Waals surface area contributed by atoms with Crippen LogP contribution in [0.3, 0.4) is 0 Å². The fourth-order valence-electron chi connectivity index (χ4n) is 4.59. The molecule has 0 aromatic heterocycles. The Hall–Kier alpha value is -1.43. The molecule has 0 bridgehead atoms. The van der Waals surface area contributed by atoms with Gasteiger partial charge in [0.1, 0.15) is 22.9 Å². The highest BCUT2D eigenvalue weighted by Crippen LogP contribution is 2.67. The van der Waals surface area contributed by atoms with E-state index in [2.05, 4.69) is 40.9 Å². The SMILES string of the molecule is CC(C)(C)OC(=O)N(COCC[Si](C)(C)C)C1=N[C@](C)(c2cc(Br)ccc2F)[C@@H]2C[C@]2(C(=O)NC2CC2)S1. The molecule has 2 saturated carbocycles. The number of nitrogens with one attached hydrogen (secondary N) is 1. The third-order valence-corrected chi connectivity index (χ3v) is 10.7. The van der Waals surface area contributed by atoms with Gasteiger partial charge in [0.15, 0.2) is 5.17 Å². The fourth-order valence-corrected chi connectivity index (χ4v) is 7.28. The maximum absolute atomic E-state index is 15.3. The Balaban J connectivity index is 1.72. The van der Waals surface area contributed by atoms with E-state index in [0.717, 1.165) is 23.4 Å². The molecular formula is C27H39BrFN3O4SSi. The predicted octanol–water partition coefficient (Wildman–Crippen LogP) is 6.49. The van der Waals surface area contributed by atoms with E-state index in [9.17, 15) is 9.59 Å². The standard InChI is InChI=1S/C27H39BrFN3O4SSi/c1-25(2,3)36-24(34)32(16-35-12-13-38(5,6)7)23-31-26(4,19-14-17(28)8-11-20(19)29)21-15-27(21,37-23)22(33)30-18-9-10-18/h8,11,14,18,21H,9-10,12-13,15-16H2,1-7H3,(H,30,33)/t21-,26+,27-/m0/s1. The van der Waals surface area contributed by atoms with E-state index in [-0.39, 0.29) is 24.6 Å². The Kier molecular flexibility index (Phi) is 8.18. The monoisotopic (exact) mass is 627 g/mol. The number of halogens is 2. The minimum atomic E-state index is -1.35. The lowest BCUT2D eigenvalue weighted by atomic mass is 9.85. The summed E-state index contributed by atoms with van der Waals surface area (Å²) in [5.41, 5.74) is -1.41. The largest absolute Gasteiger partial charge is 0.443 e.